The quantitative estimate of drug-likeness (QED) is 0.156. The standard InChI is InChI=1S/C38H47N3O3/c1-21-10-13-28(23(3)16-21)35-39-36(29-14-11-22(2)17-24(29)4)41-37(40-35)30-15-12-27(19-33(30)42)44-20-31-25(5)18-32(38(7,8)9)34(43)26(31)6/h10-19,35-37,39-43H,20H2,1-9H3. The van der Waals surface area contributed by atoms with Gasteiger partial charge in [-0.25, -0.2) is 0 Å². The highest BCUT2D eigenvalue weighted by molar-refractivity contribution is 5.51. The van der Waals surface area contributed by atoms with E-state index in [4.69, 9.17) is 4.74 Å². The van der Waals surface area contributed by atoms with Crippen LogP contribution in [-0.2, 0) is 12.0 Å². The lowest BCUT2D eigenvalue weighted by molar-refractivity contribution is 0.199. The lowest BCUT2D eigenvalue weighted by atomic mass is 9.83. The van der Waals surface area contributed by atoms with Gasteiger partial charge in [-0.15, -0.1) is 0 Å². The molecule has 5 N–H and O–H groups in total. The van der Waals surface area contributed by atoms with Crippen molar-refractivity contribution in [2.45, 2.75) is 92.8 Å². The van der Waals surface area contributed by atoms with Crippen molar-refractivity contribution in [2.75, 3.05) is 0 Å². The SMILES string of the molecule is Cc1ccc(C2NC(c3ccc(C)cc3C)NC(c3ccc(OCc4c(C)cc(C(C)(C)C)c(O)c4C)cc3O)N2)c(C)c1. The van der Waals surface area contributed by atoms with E-state index in [-0.39, 0.29) is 29.7 Å². The highest BCUT2D eigenvalue weighted by atomic mass is 16.5. The van der Waals surface area contributed by atoms with Crippen molar-refractivity contribution in [3.63, 3.8) is 0 Å². The molecule has 2 atom stereocenters. The first-order valence-electron chi connectivity index (χ1n) is 15.4. The van der Waals surface area contributed by atoms with E-state index in [9.17, 15) is 10.2 Å². The summed E-state index contributed by atoms with van der Waals surface area (Å²) >= 11 is 0. The Hall–Kier alpha value is -3.84. The van der Waals surface area contributed by atoms with Gasteiger partial charge in [0.15, 0.2) is 0 Å². The number of aryl methyl sites for hydroxylation is 5. The molecule has 232 valence electrons. The first-order chi connectivity index (χ1) is 20.7. The molecule has 1 saturated heterocycles. The number of ether oxygens (including phenoxy) is 1. The van der Waals surface area contributed by atoms with Gasteiger partial charge in [-0.1, -0.05) is 74.4 Å². The maximum absolute atomic E-state index is 11.3. The fourth-order valence-electron chi connectivity index (χ4n) is 6.30. The van der Waals surface area contributed by atoms with Crippen LogP contribution in [0.3, 0.4) is 0 Å². The van der Waals surface area contributed by atoms with Crippen molar-refractivity contribution < 1.29 is 14.9 Å². The first-order valence-corrected chi connectivity index (χ1v) is 15.4. The normalized spacial score (nSPS) is 18.8. The molecule has 5 rings (SSSR count). The van der Waals surface area contributed by atoms with Crippen LogP contribution in [0.2, 0.25) is 0 Å². The molecule has 1 aliphatic heterocycles. The molecule has 0 radical (unpaired) electrons. The van der Waals surface area contributed by atoms with E-state index in [0.717, 1.165) is 27.8 Å². The second kappa shape index (κ2) is 12.3. The molecule has 1 heterocycles. The van der Waals surface area contributed by atoms with Crippen molar-refractivity contribution in [3.05, 3.63) is 122 Å². The summed E-state index contributed by atoms with van der Waals surface area (Å²) < 4.78 is 6.17. The summed E-state index contributed by atoms with van der Waals surface area (Å²) in [7, 11) is 0. The molecular weight excluding hydrogens is 546 g/mol. The van der Waals surface area contributed by atoms with Gasteiger partial charge in [0, 0.05) is 11.6 Å². The van der Waals surface area contributed by atoms with Crippen molar-refractivity contribution in [1.82, 2.24) is 16.0 Å². The minimum absolute atomic E-state index is 0.141. The second-order valence-corrected chi connectivity index (χ2v) is 13.5. The molecule has 1 fully saturated rings. The van der Waals surface area contributed by atoms with Crippen LogP contribution in [0.15, 0.2) is 60.7 Å². The van der Waals surface area contributed by atoms with Gasteiger partial charge in [0.2, 0.25) is 0 Å². The Balaban J connectivity index is 1.42. The van der Waals surface area contributed by atoms with Gasteiger partial charge in [0.25, 0.3) is 0 Å². The zero-order valence-corrected chi connectivity index (χ0v) is 27.5. The molecular formula is C38H47N3O3. The van der Waals surface area contributed by atoms with E-state index in [1.807, 2.05) is 26.0 Å². The van der Waals surface area contributed by atoms with Gasteiger partial charge in [0.1, 0.15) is 23.9 Å². The van der Waals surface area contributed by atoms with Gasteiger partial charge in [-0.05, 0) is 104 Å². The van der Waals surface area contributed by atoms with Crippen molar-refractivity contribution >= 4 is 0 Å². The van der Waals surface area contributed by atoms with Gasteiger partial charge >= 0.3 is 0 Å². The fraction of sp³-hybridized carbons (Fsp3) is 0.368. The topological polar surface area (TPSA) is 85.8 Å². The summed E-state index contributed by atoms with van der Waals surface area (Å²) in [4.78, 5) is 0. The molecule has 2 unspecified atom stereocenters. The summed E-state index contributed by atoms with van der Waals surface area (Å²) in [6.07, 6.45) is -0.608. The van der Waals surface area contributed by atoms with Crippen LogP contribution in [0.1, 0.15) is 100 Å². The highest BCUT2D eigenvalue weighted by Crippen LogP contribution is 2.38. The van der Waals surface area contributed by atoms with Gasteiger partial charge < -0.3 is 14.9 Å². The number of rotatable bonds is 6. The number of hydrogen-bond donors (Lipinski definition) is 5. The third kappa shape index (κ3) is 6.48. The number of phenolic OH excluding ortho intramolecular Hbond substituents is 2. The summed E-state index contributed by atoms with van der Waals surface area (Å²) in [5, 5.41) is 33.3. The summed E-state index contributed by atoms with van der Waals surface area (Å²) in [5.41, 5.74) is 11.6. The lowest BCUT2D eigenvalue weighted by Gasteiger charge is -2.40. The van der Waals surface area contributed by atoms with Gasteiger partial charge in [-0.2, -0.15) is 0 Å². The fourth-order valence-corrected chi connectivity index (χ4v) is 6.30. The molecule has 6 heteroatoms. The summed E-state index contributed by atoms with van der Waals surface area (Å²) in [6, 6.07) is 20.5. The Morgan fingerprint density at radius 1 is 0.636 bits per heavy atom. The van der Waals surface area contributed by atoms with Crippen LogP contribution < -0.4 is 20.7 Å². The molecule has 0 aliphatic carbocycles. The average molecular weight is 594 g/mol. The van der Waals surface area contributed by atoms with Crippen molar-refractivity contribution in [1.29, 1.82) is 0 Å². The number of nitrogens with one attached hydrogen (secondary N) is 3. The molecule has 6 nitrogen and oxygen atoms in total. The Labute approximate surface area is 262 Å². The number of hydrogen-bond acceptors (Lipinski definition) is 6. The maximum atomic E-state index is 11.3. The molecule has 44 heavy (non-hydrogen) atoms. The summed E-state index contributed by atoms with van der Waals surface area (Å²) in [6.45, 7) is 19.1. The number of benzene rings is 4. The largest absolute Gasteiger partial charge is 0.507 e. The minimum atomic E-state index is -0.326. The molecule has 4 aromatic carbocycles. The molecule has 0 bridgehead atoms. The minimum Gasteiger partial charge on any atom is -0.507 e. The monoisotopic (exact) mass is 593 g/mol. The van der Waals surface area contributed by atoms with E-state index in [1.54, 1.807) is 6.07 Å². The average Bonchev–Trinajstić information content (AvgIpc) is 2.94. The highest BCUT2D eigenvalue weighted by Gasteiger charge is 2.32. The maximum Gasteiger partial charge on any atom is 0.125 e. The van der Waals surface area contributed by atoms with E-state index >= 15 is 0 Å². The Kier molecular flexibility index (Phi) is 8.81. The second-order valence-electron chi connectivity index (χ2n) is 13.5. The van der Waals surface area contributed by atoms with Crippen LogP contribution >= 0.6 is 0 Å². The molecule has 0 saturated carbocycles. The lowest BCUT2D eigenvalue weighted by Crippen LogP contribution is -2.54. The van der Waals surface area contributed by atoms with Crippen LogP contribution in [0.4, 0.5) is 0 Å². The zero-order chi connectivity index (χ0) is 31.9. The Bertz CT molecular complexity index is 1630. The third-order valence-electron chi connectivity index (χ3n) is 8.88. The molecule has 1 aliphatic rings. The molecule has 0 amide bonds. The zero-order valence-electron chi connectivity index (χ0n) is 27.5. The van der Waals surface area contributed by atoms with E-state index < -0.39 is 0 Å². The predicted molar refractivity (Wildman–Crippen MR) is 178 cm³/mol. The smallest absolute Gasteiger partial charge is 0.125 e. The van der Waals surface area contributed by atoms with Crippen LogP contribution in [0.25, 0.3) is 0 Å². The molecule has 0 aromatic heterocycles. The van der Waals surface area contributed by atoms with Crippen molar-refractivity contribution in [2.24, 2.45) is 0 Å². The third-order valence-corrected chi connectivity index (χ3v) is 8.88. The van der Waals surface area contributed by atoms with E-state index in [1.165, 1.54) is 33.4 Å². The Morgan fingerprint density at radius 2 is 1.14 bits per heavy atom. The number of aromatic hydroxyl groups is 2. The van der Waals surface area contributed by atoms with E-state index in [2.05, 4.69) is 107 Å². The summed E-state index contributed by atoms with van der Waals surface area (Å²) in [5.74, 6) is 1.03. The number of phenols is 2. The van der Waals surface area contributed by atoms with Crippen LogP contribution in [0, 0.1) is 41.5 Å². The van der Waals surface area contributed by atoms with Crippen molar-refractivity contribution in [3.8, 4) is 17.2 Å². The van der Waals surface area contributed by atoms with Crippen LogP contribution in [-0.4, -0.2) is 10.2 Å². The molecule has 4 aromatic rings. The predicted octanol–water partition coefficient (Wildman–Crippen LogP) is 8.00. The molecule has 0 spiro atoms. The van der Waals surface area contributed by atoms with Gasteiger partial charge in [0.05, 0.1) is 18.5 Å². The Morgan fingerprint density at radius 3 is 1.61 bits per heavy atom. The van der Waals surface area contributed by atoms with E-state index in [0.29, 0.717) is 18.1 Å². The van der Waals surface area contributed by atoms with Crippen LogP contribution in [0.5, 0.6) is 17.2 Å². The first kappa shape index (κ1) is 31.6. The van der Waals surface area contributed by atoms with Gasteiger partial charge in [-0.3, -0.25) is 16.0 Å².